The smallest absolute Gasteiger partial charge is 0.347 e. The summed E-state index contributed by atoms with van der Waals surface area (Å²) in [6, 6.07) is 7.03. The molecule has 0 aliphatic heterocycles. The Morgan fingerprint density at radius 1 is 1.00 bits per heavy atom. The Bertz CT molecular complexity index is 703. The molecule has 0 aliphatic rings. The highest BCUT2D eigenvalue weighted by Crippen LogP contribution is 2.17. The minimum atomic E-state index is -0.399. The molecule has 3 aromatic heterocycles. The van der Waals surface area contributed by atoms with Gasteiger partial charge in [-0.15, -0.1) is 0 Å². The van der Waals surface area contributed by atoms with E-state index in [2.05, 4.69) is 9.97 Å². The average molecular weight is 198 g/mol. The Morgan fingerprint density at radius 3 is 2.60 bits per heavy atom. The predicted octanol–water partition coefficient (Wildman–Crippen LogP) is 1.74. The summed E-state index contributed by atoms with van der Waals surface area (Å²) in [5.41, 5.74) is 0.565. The number of aromatic nitrogens is 2. The van der Waals surface area contributed by atoms with Crippen molar-refractivity contribution in [1.29, 1.82) is 0 Å². The highest BCUT2D eigenvalue weighted by atomic mass is 16.4. The molecule has 0 saturated carbocycles. The summed E-state index contributed by atoms with van der Waals surface area (Å²) in [7, 11) is 0. The van der Waals surface area contributed by atoms with E-state index in [1.54, 1.807) is 30.6 Å². The SMILES string of the molecule is O=c1oc2ncccc2c2ncccc12. The molecule has 3 aromatic rings. The van der Waals surface area contributed by atoms with E-state index in [4.69, 9.17) is 4.42 Å². The van der Waals surface area contributed by atoms with E-state index in [9.17, 15) is 4.79 Å². The van der Waals surface area contributed by atoms with E-state index in [1.165, 1.54) is 0 Å². The molecule has 0 fully saturated rings. The number of nitrogens with zero attached hydrogens (tertiary/aromatic N) is 2. The minimum Gasteiger partial charge on any atom is -0.403 e. The van der Waals surface area contributed by atoms with Crippen LogP contribution in [0.4, 0.5) is 0 Å². The first-order chi connectivity index (χ1) is 7.36. The van der Waals surface area contributed by atoms with Gasteiger partial charge in [0.1, 0.15) is 0 Å². The quantitative estimate of drug-likeness (QED) is 0.516. The van der Waals surface area contributed by atoms with Crippen molar-refractivity contribution in [3.63, 3.8) is 0 Å². The molecule has 0 bridgehead atoms. The molecular formula is C11H6N2O2. The van der Waals surface area contributed by atoms with Gasteiger partial charge in [-0.25, -0.2) is 9.78 Å². The Hall–Kier alpha value is -2.23. The third-order valence-electron chi connectivity index (χ3n) is 2.24. The molecule has 0 saturated heterocycles. The van der Waals surface area contributed by atoms with Crippen molar-refractivity contribution in [1.82, 2.24) is 9.97 Å². The second-order valence-electron chi connectivity index (χ2n) is 3.15. The molecule has 0 N–H and O–H groups in total. The molecule has 0 aliphatic carbocycles. The van der Waals surface area contributed by atoms with Crippen molar-refractivity contribution in [2.75, 3.05) is 0 Å². The number of pyridine rings is 2. The fourth-order valence-electron chi connectivity index (χ4n) is 1.58. The summed E-state index contributed by atoms with van der Waals surface area (Å²) in [5.74, 6) is 0. The van der Waals surface area contributed by atoms with Gasteiger partial charge in [-0.3, -0.25) is 4.98 Å². The molecule has 0 aromatic carbocycles. The lowest BCUT2D eigenvalue weighted by Crippen LogP contribution is -2.01. The summed E-state index contributed by atoms with van der Waals surface area (Å²) in [5, 5.41) is 1.24. The van der Waals surface area contributed by atoms with E-state index >= 15 is 0 Å². The van der Waals surface area contributed by atoms with Crippen LogP contribution in [0, 0.1) is 0 Å². The fourth-order valence-corrected chi connectivity index (χ4v) is 1.58. The summed E-state index contributed by atoms with van der Waals surface area (Å²) in [4.78, 5) is 19.7. The molecule has 4 heteroatoms. The van der Waals surface area contributed by atoms with Crippen LogP contribution in [-0.4, -0.2) is 9.97 Å². The van der Waals surface area contributed by atoms with Crippen molar-refractivity contribution < 1.29 is 4.42 Å². The van der Waals surface area contributed by atoms with Crippen LogP contribution in [-0.2, 0) is 0 Å². The standard InChI is InChI=1S/C11H6N2O2/c14-11-8-4-2-5-12-9(8)7-3-1-6-13-10(7)15-11/h1-6H. The zero-order chi connectivity index (χ0) is 10.3. The fraction of sp³-hybridized carbons (Fsp3) is 0. The van der Waals surface area contributed by atoms with Gasteiger partial charge in [-0.1, -0.05) is 0 Å². The molecule has 3 rings (SSSR count). The number of rotatable bonds is 0. The lowest BCUT2D eigenvalue weighted by atomic mass is 10.2. The molecule has 4 nitrogen and oxygen atoms in total. The first-order valence-corrected chi connectivity index (χ1v) is 4.49. The Kier molecular flexibility index (Phi) is 1.56. The second-order valence-corrected chi connectivity index (χ2v) is 3.15. The number of fused-ring (bicyclic) bond motifs is 3. The summed E-state index contributed by atoms with van der Waals surface area (Å²) >= 11 is 0. The van der Waals surface area contributed by atoms with Gasteiger partial charge in [0.15, 0.2) is 0 Å². The van der Waals surface area contributed by atoms with E-state index in [-0.39, 0.29) is 0 Å². The number of hydrogen-bond acceptors (Lipinski definition) is 4. The minimum absolute atomic E-state index is 0.328. The molecule has 0 unspecified atom stereocenters. The van der Waals surface area contributed by atoms with Crippen LogP contribution in [0.3, 0.4) is 0 Å². The maximum Gasteiger partial charge on any atom is 0.347 e. The lowest BCUT2D eigenvalue weighted by Gasteiger charge is -1.98. The summed E-state index contributed by atoms with van der Waals surface area (Å²) < 4.78 is 5.07. The van der Waals surface area contributed by atoms with E-state index in [0.29, 0.717) is 16.6 Å². The van der Waals surface area contributed by atoms with Crippen LogP contribution >= 0.6 is 0 Å². The van der Waals surface area contributed by atoms with E-state index < -0.39 is 5.63 Å². The first-order valence-electron chi connectivity index (χ1n) is 4.49. The topological polar surface area (TPSA) is 56.0 Å². The van der Waals surface area contributed by atoms with Gasteiger partial charge >= 0.3 is 5.63 Å². The Balaban J connectivity index is 2.70. The van der Waals surface area contributed by atoms with Gasteiger partial charge < -0.3 is 4.42 Å². The van der Waals surface area contributed by atoms with Gasteiger partial charge in [-0.2, -0.15) is 0 Å². The van der Waals surface area contributed by atoms with Gasteiger partial charge in [-0.05, 0) is 24.3 Å². The largest absolute Gasteiger partial charge is 0.403 e. The Labute approximate surface area is 84.2 Å². The van der Waals surface area contributed by atoms with Crippen LogP contribution < -0.4 is 5.63 Å². The monoisotopic (exact) mass is 198 g/mol. The van der Waals surface area contributed by atoms with Crippen molar-refractivity contribution >= 4 is 22.0 Å². The highest BCUT2D eigenvalue weighted by molar-refractivity contribution is 5.99. The van der Waals surface area contributed by atoms with Crippen molar-refractivity contribution in [3.8, 4) is 0 Å². The summed E-state index contributed by atoms with van der Waals surface area (Å²) in [6.45, 7) is 0. The third kappa shape index (κ3) is 1.11. The molecule has 0 radical (unpaired) electrons. The van der Waals surface area contributed by atoms with Gasteiger partial charge in [0, 0.05) is 12.4 Å². The molecule has 0 spiro atoms. The van der Waals surface area contributed by atoms with Crippen LogP contribution in [0.15, 0.2) is 45.9 Å². The normalized spacial score (nSPS) is 10.9. The third-order valence-corrected chi connectivity index (χ3v) is 2.24. The van der Waals surface area contributed by atoms with Crippen LogP contribution in [0.1, 0.15) is 0 Å². The molecule has 3 heterocycles. The van der Waals surface area contributed by atoms with Crippen LogP contribution in [0.2, 0.25) is 0 Å². The number of hydrogen-bond donors (Lipinski definition) is 0. The maximum absolute atomic E-state index is 11.5. The molecule has 15 heavy (non-hydrogen) atoms. The zero-order valence-electron chi connectivity index (χ0n) is 7.68. The Morgan fingerprint density at radius 2 is 1.73 bits per heavy atom. The van der Waals surface area contributed by atoms with Crippen molar-refractivity contribution in [2.24, 2.45) is 0 Å². The van der Waals surface area contributed by atoms with Gasteiger partial charge in [0.25, 0.3) is 0 Å². The summed E-state index contributed by atoms with van der Waals surface area (Å²) in [6.07, 6.45) is 3.23. The average Bonchev–Trinajstić information content (AvgIpc) is 2.30. The molecule has 0 atom stereocenters. The second kappa shape index (κ2) is 2.88. The van der Waals surface area contributed by atoms with Crippen molar-refractivity contribution in [3.05, 3.63) is 47.1 Å². The first kappa shape index (κ1) is 8.11. The molecule has 72 valence electrons. The van der Waals surface area contributed by atoms with Crippen LogP contribution in [0.5, 0.6) is 0 Å². The van der Waals surface area contributed by atoms with Gasteiger partial charge in [0.05, 0.1) is 16.3 Å². The van der Waals surface area contributed by atoms with Crippen LogP contribution in [0.25, 0.3) is 22.0 Å². The lowest BCUT2D eigenvalue weighted by molar-refractivity contribution is 0.557. The molecular weight excluding hydrogens is 192 g/mol. The highest BCUT2D eigenvalue weighted by Gasteiger charge is 2.07. The van der Waals surface area contributed by atoms with E-state index in [1.807, 2.05) is 6.07 Å². The van der Waals surface area contributed by atoms with E-state index in [0.717, 1.165) is 5.39 Å². The zero-order valence-corrected chi connectivity index (χ0v) is 7.68. The predicted molar refractivity (Wildman–Crippen MR) is 55.6 cm³/mol. The van der Waals surface area contributed by atoms with Gasteiger partial charge in [0.2, 0.25) is 5.71 Å². The maximum atomic E-state index is 11.5. The van der Waals surface area contributed by atoms with Crippen molar-refractivity contribution in [2.45, 2.75) is 0 Å². The molecule has 0 amide bonds.